The predicted octanol–water partition coefficient (Wildman–Crippen LogP) is 4.56. The van der Waals surface area contributed by atoms with Crippen LogP contribution in [0.3, 0.4) is 0 Å². The first-order valence-corrected chi connectivity index (χ1v) is 7.80. The zero-order valence-corrected chi connectivity index (χ0v) is 14.2. The van der Waals surface area contributed by atoms with E-state index in [1.807, 2.05) is 17.2 Å². The molecule has 0 bridgehead atoms. The highest BCUT2D eigenvalue weighted by Gasteiger charge is 2.44. The van der Waals surface area contributed by atoms with Crippen LogP contribution in [0.5, 0.6) is 0 Å². The summed E-state index contributed by atoms with van der Waals surface area (Å²) in [6.07, 6.45) is 3.22. The lowest BCUT2D eigenvalue weighted by atomic mass is 9.82. The molecule has 0 spiro atoms. The van der Waals surface area contributed by atoms with Crippen molar-refractivity contribution in [3.63, 3.8) is 0 Å². The van der Waals surface area contributed by atoms with E-state index < -0.39 is 0 Å². The summed E-state index contributed by atoms with van der Waals surface area (Å²) in [6, 6.07) is 7.25. The van der Waals surface area contributed by atoms with E-state index in [-0.39, 0.29) is 17.0 Å². The van der Waals surface area contributed by atoms with Gasteiger partial charge in [0.1, 0.15) is 0 Å². The summed E-state index contributed by atoms with van der Waals surface area (Å²) in [4.78, 5) is 18.0. The molecule has 0 unspecified atom stereocenters. The molecule has 1 saturated heterocycles. The van der Waals surface area contributed by atoms with Crippen LogP contribution < -0.4 is 0 Å². The van der Waals surface area contributed by atoms with Gasteiger partial charge in [-0.1, -0.05) is 15.9 Å². The van der Waals surface area contributed by atoms with Crippen LogP contribution in [-0.2, 0) is 4.84 Å². The van der Waals surface area contributed by atoms with E-state index in [4.69, 9.17) is 4.84 Å². The van der Waals surface area contributed by atoms with Gasteiger partial charge in [-0.2, -0.15) is 0 Å². The first kappa shape index (κ1) is 15.5. The smallest absolute Gasteiger partial charge is 0.357 e. The standard InChI is InChI=1S/C16H22BrNO2/c1-15(2)10-5-11-16(3,4)18(15)20-14(19)12-6-8-13(17)9-7-12/h6-9H,5,10-11H2,1-4H3. The van der Waals surface area contributed by atoms with Crippen LogP contribution in [0.15, 0.2) is 28.7 Å². The number of halogens is 1. The maximum atomic E-state index is 12.3. The zero-order chi connectivity index (χ0) is 15.0. The topological polar surface area (TPSA) is 29.5 Å². The number of hydrogen-bond acceptors (Lipinski definition) is 3. The molecule has 1 heterocycles. The number of carbonyl (C=O) groups is 1. The van der Waals surface area contributed by atoms with Gasteiger partial charge in [0, 0.05) is 4.47 Å². The molecule has 4 heteroatoms. The van der Waals surface area contributed by atoms with Crippen molar-refractivity contribution in [2.24, 2.45) is 0 Å². The van der Waals surface area contributed by atoms with Gasteiger partial charge in [0.25, 0.3) is 0 Å². The van der Waals surface area contributed by atoms with Crippen molar-refractivity contribution in [2.45, 2.75) is 58.0 Å². The Kier molecular flexibility index (Phi) is 4.26. The fourth-order valence-electron chi connectivity index (χ4n) is 2.94. The Morgan fingerprint density at radius 1 is 1.10 bits per heavy atom. The third kappa shape index (κ3) is 3.23. The van der Waals surface area contributed by atoms with E-state index in [2.05, 4.69) is 43.6 Å². The Bertz CT molecular complexity index is 478. The molecule has 2 rings (SSSR count). The fourth-order valence-corrected chi connectivity index (χ4v) is 3.21. The van der Waals surface area contributed by atoms with Crippen LogP contribution in [0.4, 0.5) is 0 Å². The molecule has 0 aromatic heterocycles. The number of piperidine rings is 1. The third-order valence-corrected chi connectivity index (χ3v) is 4.46. The molecule has 110 valence electrons. The van der Waals surface area contributed by atoms with Gasteiger partial charge in [0.15, 0.2) is 0 Å². The number of benzene rings is 1. The van der Waals surface area contributed by atoms with Gasteiger partial charge < -0.3 is 4.84 Å². The van der Waals surface area contributed by atoms with Gasteiger partial charge in [0.2, 0.25) is 0 Å². The minimum Gasteiger partial charge on any atom is -0.363 e. The molecule has 1 aliphatic rings. The van der Waals surface area contributed by atoms with E-state index in [1.165, 1.54) is 0 Å². The quantitative estimate of drug-likeness (QED) is 0.790. The number of rotatable bonds is 2. The SMILES string of the molecule is CC1(C)CCCC(C)(C)N1OC(=O)c1ccc(Br)cc1. The van der Waals surface area contributed by atoms with Crippen molar-refractivity contribution in [3.8, 4) is 0 Å². The molecule has 0 radical (unpaired) electrons. The summed E-state index contributed by atoms with van der Waals surface area (Å²) < 4.78 is 0.952. The van der Waals surface area contributed by atoms with Gasteiger partial charge >= 0.3 is 5.97 Å². The average Bonchev–Trinajstić information content (AvgIpc) is 2.34. The summed E-state index contributed by atoms with van der Waals surface area (Å²) in [6.45, 7) is 8.51. The molecule has 1 aliphatic heterocycles. The first-order valence-electron chi connectivity index (χ1n) is 7.01. The highest BCUT2D eigenvalue weighted by molar-refractivity contribution is 9.10. The van der Waals surface area contributed by atoms with Gasteiger partial charge in [-0.15, -0.1) is 5.06 Å². The van der Waals surface area contributed by atoms with Crippen molar-refractivity contribution < 1.29 is 9.63 Å². The van der Waals surface area contributed by atoms with Crippen LogP contribution in [-0.4, -0.2) is 22.1 Å². The highest BCUT2D eigenvalue weighted by Crippen LogP contribution is 2.38. The molecule has 1 fully saturated rings. The van der Waals surface area contributed by atoms with E-state index in [1.54, 1.807) is 12.1 Å². The van der Waals surface area contributed by atoms with Crippen molar-refractivity contribution >= 4 is 21.9 Å². The number of hydroxylamine groups is 2. The number of hydrogen-bond donors (Lipinski definition) is 0. The van der Waals surface area contributed by atoms with Crippen LogP contribution >= 0.6 is 15.9 Å². The van der Waals surface area contributed by atoms with E-state index >= 15 is 0 Å². The number of nitrogens with zero attached hydrogens (tertiary/aromatic N) is 1. The Balaban J connectivity index is 2.18. The summed E-state index contributed by atoms with van der Waals surface area (Å²) in [5, 5.41) is 1.88. The molecular weight excluding hydrogens is 318 g/mol. The van der Waals surface area contributed by atoms with Gasteiger partial charge in [-0.05, 0) is 71.2 Å². The molecule has 0 aliphatic carbocycles. The first-order chi connectivity index (χ1) is 9.22. The van der Waals surface area contributed by atoms with Crippen molar-refractivity contribution in [2.75, 3.05) is 0 Å². The molecule has 0 amide bonds. The van der Waals surface area contributed by atoms with Crippen LogP contribution in [0.2, 0.25) is 0 Å². The van der Waals surface area contributed by atoms with Gasteiger partial charge in [-0.3, -0.25) is 0 Å². The summed E-state index contributed by atoms with van der Waals surface area (Å²) >= 11 is 3.37. The molecule has 3 nitrogen and oxygen atoms in total. The Hall–Kier alpha value is -0.870. The Labute approximate surface area is 129 Å². The minimum atomic E-state index is -0.291. The lowest BCUT2D eigenvalue weighted by molar-refractivity contribution is -0.240. The molecular formula is C16H22BrNO2. The monoisotopic (exact) mass is 339 g/mol. The Morgan fingerprint density at radius 3 is 2.10 bits per heavy atom. The maximum absolute atomic E-state index is 12.3. The second kappa shape index (κ2) is 5.49. The Morgan fingerprint density at radius 2 is 1.60 bits per heavy atom. The highest BCUT2D eigenvalue weighted by atomic mass is 79.9. The van der Waals surface area contributed by atoms with E-state index in [0.29, 0.717) is 5.56 Å². The lowest BCUT2D eigenvalue weighted by Gasteiger charge is -2.50. The van der Waals surface area contributed by atoms with Crippen LogP contribution in [0.1, 0.15) is 57.3 Å². The van der Waals surface area contributed by atoms with Crippen molar-refractivity contribution in [1.82, 2.24) is 5.06 Å². The summed E-state index contributed by atoms with van der Waals surface area (Å²) in [5.41, 5.74) is 0.310. The third-order valence-electron chi connectivity index (χ3n) is 3.93. The largest absolute Gasteiger partial charge is 0.363 e. The summed E-state index contributed by atoms with van der Waals surface area (Å²) in [7, 11) is 0. The summed E-state index contributed by atoms with van der Waals surface area (Å²) in [5.74, 6) is -0.291. The zero-order valence-electron chi connectivity index (χ0n) is 12.6. The van der Waals surface area contributed by atoms with Crippen molar-refractivity contribution in [3.05, 3.63) is 34.3 Å². The normalized spacial score (nSPS) is 21.4. The molecule has 0 saturated carbocycles. The molecule has 0 N–H and O–H groups in total. The van der Waals surface area contributed by atoms with E-state index in [9.17, 15) is 4.79 Å². The molecule has 1 aromatic carbocycles. The van der Waals surface area contributed by atoms with Crippen LogP contribution in [0.25, 0.3) is 0 Å². The fraction of sp³-hybridized carbons (Fsp3) is 0.562. The molecule has 1 aromatic rings. The van der Waals surface area contributed by atoms with Crippen molar-refractivity contribution in [1.29, 1.82) is 0 Å². The predicted molar refractivity (Wildman–Crippen MR) is 83.4 cm³/mol. The van der Waals surface area contributed by atoms with Crippen LogP contribution in [0, 0.1) is 0 Å². The average molecular weight is 340 g/mol. The number of carbonyl (C=O) groups excluding carboxylic acids is 1. The second-order valence-electron chi connectivity index (χ2n) is 6.66. The minimum absolute atomic E-state index is 0.132. The van der Waals surface area contributed by atoms with E-state index in [0.717, 1.165) is 23.7 Å². The molecule has 0 atom stereocenters. The lowest BCUT2D eigenvalue weighted by Crippen LogP contribution is -2.58. The second-order valence-corrected chi connectivity index (χ2v) is 7.57. The van der Waals surface area contributed by atoms with Gasteiger partial charge in [-0.25, -0.2) is 4.79 Å². The molecule has 20 heavy (non-hydrogen) atoms. The van der Waals surface area contributed by atoms with Gasteiger partial charge in [0.05, 0.1) is 16.6 Å². The maximum Gasteiger partial charge on any atom is 0.357 e.